The van der Waals surface area contributed by atoms with Crippen LogP contribution in [0.25, 0.3) is 11.2 Å². The second-order valence-electron chi connectivity index (χ2n) is 7.81. The van der Waals surface area contributed by atoms with Crippen LogP contribution in [0.4, 0.5) is 5.82 Å². The number of thiocarbonyl (C=S) groups is 1. The Balaban J connectivity index is 1.30. The molecule has 11 nitrogen and oxygen atoms in total. The summed E-state index contributed by atoms with van der Waals surface area (Å²) in [5.41, 5.74) is 1.05. The van der Waals surface area contributed by atoms with E-state index in [0.717, 1.165) is 19.3 Å². The van der Waals surface area contributed by atoms with Crippen LogP contribution in [-0.2, 0) is 14.2 Å². The van der Waals surface area contributed by atoms with Crippen molar-refractivity contribution in [3.8, 4) is 0 Å². The minimum atomic E-state index is -1.17. The molecule has 0 aromatic carbocycles. The summed E-state index contributed by atoms with van der Waals surface area (Å²) in [6.45, 7) is 1.36. The quantitative estimate of drug-likeness (QED) is 0.444. The number of hydrogen-bond donors (Lipinski definition) is 4. The Morgan fingerprint density at radius 3 is 2.83 bits per heavy atom. The van der Waals surface area contributed by atoms with Crippen molar-refractivity contribution in [2.24, 2.45) is 0 Å². The van der Waals surface area contributed by atoms with Gasteiger partial charge in [0, 0.05) is 12.6 Å². The number of aliphatic hydroxyl groups excluding tert-OH is 2. The minimum absolute atomic E-state index is 0.0311. The van der Waals surface area contributed by atoms with Gasteiger partial charge in [-0.3, -0.25) is 4.57 Å². The van der Waals surface area contributed by atoms with Crippen molar-refractivity contribution in [2.45, 2.75) is 55.9 Å². The molecule has 0 spiro atoms. The molecule has 0 unspecified atom stereocenters. The molecule has 4 heterocycles. The first-order valence-electron chi connectivity index (χ1n) is 10.1. The van der Waals surface area contributed by atoms with E-state index in [0.29, 0.717) is 36.2 Å². The highest BCUT2D eigenvalue weighted by molar-refractivity contribution is 7.80. The lowest BCUT2D eigenvalue weighted by Crippen LogP contribution is -2.36. The number of hydrogen-bond acceptors (Lipinski definition) is 10. The second-order valence-corrected chi connectivity index (χ2v) is 8.19. The number of ether oxygens (including phenoxy) is 3. The fourth-order valence-electron chi connectivity index (χ4n) is 3.68. The first-order valence-corrected chi connectivity index (χ1v) is 10.5. The predicted molar refractivity (Wildman–Crippen MR) is 109 cm³/mol. The van der Waals surface area contributed by atoms with Crippen LogP contribution >= 0.6 is 12.2 Å². The van der Waals surface area contributed by atoms with Crippen LogP contribution in [0.2, 0.25) is 0 Å². The van der Waals surface area contributed by atoms with Crippen molar-refractivity contribution in [3.63, 3.8) is 0 Å². The molecule has 12 heteroatoms. The van der Waals surface area contributed by atoms with Crippen LogP contribution in [0.15, 0.2) is 12.7 Å². The maximum absolute atomic E-state index is 10.6. The summed E-state index contributed by atoms with van der Waals surface area (Å²) in [4.78, 5) is 13.0. The van der Waals surface area contributed by atoms with Crippen molar-refractivity contribution in [2.75, 3.05) is 25.1 Å². The maximum atomic E-state index is 10.6. The molecular formula is C18H24N6O5S. The summed E-state index contributed by atoms with van der Waals surface area (Å²) >= 11 is 5.14. The van der Waals surface area contributed by atoms with E-state index in [9.17, 15) is 10.2 Å². The molecule has 162 valence electrons. The fraction of sp³-hybridized carbons (Fsp3) is 0.667. The Hall–Kier alpha value is -2.12. The second kappa shape index (κ2) is 8.19. The average molecular weight is 436 g/mol. The topological polar surface area (TPSA) is 136 Å². The Morgan fingerprint density at radius 1 is 1.20 bits per heavy atom. The molecule has 30 heavy (non-hydrogen) atoms. The number of aromatic nitrogens is 4. The van der Waals surface area contributed by atoms with Gasteiger partial charge in [-0.25, -0.2) is 15.0 Å². The van der Waals surface area contributed by atoms with Crippen molar-refractivity contribution in [1.82, 2.24) is 24.8 Å². The van der Waals surface area contributed by atoms with Gasteiger partial charge in [0.2, 0.25) is 0 Å². The van der Waals surface area contributed by atoms with Gasteiger partial charge in [0.15, 0.2) is 23.2 Å². The van der Waals surface area contributed by atoms with Gasteiger partial charge in [0.05, 0.1) is 19.0 Å². The number of nitrogens with zero attached hydrogens (tertiary/aromatic N) is 4. The molecule has 2 aromatic heterocycles. The zero-order chi connectivity index (χ0) is 20.7. The van der Waals surface area contributed by atoms with Gasteiger partial charge < -0.3 is 35.1 Å². The van der Waals surface area contributed by atoms with E-state index in [2.05, 4.69) is 25.6 Å². The van der Waals surface area contributed by atoms with Gasteiger partial charge in [-0.15, -0.1) is 0 Å². The molecule has 3 aliphatic rings. The summed E-state index contributed by atoms with van der Waals surface area (Å²) in [5.74, 6) is 0.596. The van der Waals surface area contributed by atoms with E-state index in [1.54, 1.807) is 4.57 Å². The van der Waals surface area contributed by atoms with E-state index in [1.807, 2.05) is 0 Å². The Kier molecular flexibility index (Phi) is 5.41. The highest BCUT2D eigenvalue weighted by atomic mass is 32.1. The first kappa shape index (κ1) is 19.8. The molecule has 5 rings (SSSR count). The third-order valence-corrected chi connectivity index (χ3v) is 5.75. The van der Waals surface area contributed by atoms with Gasteiger partial charge in [-0.2, -0.15) is 0 Å². The van der Waals surface area contributed by atoms with Gasteiger partial charge in [-0.1, -0.05) is 0 Å². The average Bonchev–Trinajstić information content (AvgIpc) is 3.12. The van der Waals surface area contributed by atoms with Crippen LogP contribution in [-0.4, -0.2) is 85.1 Å². The molecule has 4 N–H and O–H groups in total. The number of aliphatic hydroxyl groups is 2. The van der Waals surface area contributed by atoms with Crippen LogP contribution in [0.5, 0.6) is 0 Å². The van der Waals surface area contributed by atoms with E-state index >= 15 is 0 Å². The molecule has 1 aliphatic carbocycles. The zero-order valence-electron chi connectivity index (χ0n) is 16.2. The van der Waals surface area contributed by atoms with E-state index < -0.39 is 24.5 Å². The molecule has 2 saturated heterocycles. The summed E-state index contributed by atoms with van der Waals surface area (Å²) in [5, 5.41) is 27.7. The lowest BCUT2D eigenvalue weighted by atomic mass is 10.1. The molecule has 1 saturated carbocycles. The summed E-state index contributed by atoms with van der Waals surface area (Å²) < 4.78 is 18.4. The number of imidazole rings is 1. The van der Waals surface area contributed by atoms with Gasteiger partial charge in [-0.05, 0) is 31.5 Å². The highest BCUT2D eigenvalue weighted by Crippen LogP contribution is 2.32. The zero-order valence-corrected chi connectivity index (χ0v) is 17.0. The van der Waals surface area contributed by atoms with Gasteiger partial charge in [0.25, 0.3) is 5.17 Å². The first-order chi connectivity index (χ1) is 14.6. The monoisotopic (exact) mass is 436 g/mol. The lowest BCUT2D eigenvalue weighted by Gasteiger charge is -2.17. The Labute approximate surface area is 177 Å². The van der Waals surface area contributed by atoms with E-state index in [1.165, 1.54) is 12.7 Å². The van der Waals surface area contributed by atoms with Crippen molar-refractivity contribution >= 4 is 34.4 Å². The van der Waals surface area contributed by atoms with Crippen LogP contribution < -0.4 is 10.6 Å². The van der Waals surface area contributed by atoms with Crippen molar-refractivity contribution < 1.29 is 24.4 Å². The standard InChI is InChI=1S/C18H24N6O5S/c25-13-11(6-28-18(30)23-9-1-2-9)29-17(14(13)26)24-8-21-12-15(19-7-20-16(12)24)22-10-3-4-27-5-10/h7-11,13-14,17,25-26H,1-6H2,(H,23,30)(H,19,20,22)/t10-,11-,13-,14-,17-/m1/s1. The number of fused-ring (bicyclic) bond motifs is 1. The molecule has 2 aromatic rings. The smallest absolute Gasteiger partial charge is 0.256 e. The SMILES string of the molecule is O[C@@H]1[C@H](O)[C@@H](COC(=S)NC2CC2)O[C@H]1n1cnc2c(N[C@@H]3CCOC3)ncnc21. The van der Waals surface area contributed by atoms with E-state index in [-0.39, 0.29) is 17.8 Å². The highest BCUT2D eigenvalue weighted by Gasteiger charge is 2.45. The summed E-state index contributed by atoms with van der Waals surface area (Å²) in [6, 6.07) is 0.541. The lowest BCUT2D eigenvalue weighted by molar-refractivity contribution is -0.0491. The molecule has 2 aliphatic heterocycles. The molecular weight excluding hydrogens is 412 g/mol. The third kappa shape index (κ3) is 3.93. The summed E-state index contributed by atoms with van der Waals surface area (Å²) in [6.07, 6.45) is 2.10. The minimum Gasteiger partial charge on any atom is -0.468 e. The number of nitrogens with one attached hydrogen (secondary N) is 2. The van der Waals surface area contributed by atoms with Crippen LogP contribution in [0.3, 0.4) is 0 Å². The predicted octanol–water partition coefficient (Wildman–Crippen LogP) is -0.300. The third-order valence-electron chi connectivity index (χ3n) is 5.52. The largest absolute Gasteiger partial charge is 0.468 e. The number of anilines is 1. The maximum Gasteiger partial charge on any atom is 0.256 e. The Morgan fingerprint density at radius 2 is 2.07 bits per heavy atom. The van der Waals surface area contributed by atoms with Crippen molar-refractivity contribution in [3.05, 3.63) is 12.7 Å². The van der Waals surface area contributed by atoms with Gasteiger partial charge >= 0.3 is 0 Å². The molecule has 0 amide bonds. The molecule has 0 radical (unpaired) electrons. The van der Waals surface area contributed by atoms with Gasteiger partial charge in [0.1, 0.15) is 31.2 Å². The number of rotatable bonds is 6. The van der Waals surface area contributed by atoms with Crippen LogP contribution in [0, 0.1) is 0 Å². The molecule has 5 atom stereocenters. The summed E-state index contributed by atoms with van der Waals surface area (Å²) in [7, 11) is 0. The van der Waals surface area contributed by atoms with Crippen LogP contribution in [0.1, 0.15) is 25.5 Å². The normalized spacial score (nSPS) is 31.2. The van der Waals surface area contributed by atoms with E-state index in [4.69, 9.17) is 26.4 Å². The Bertz CT molecular complexity index is 918. The van der Waals surface area contributed by atoms with Crippen molar-refractivity contribution in [1.29, 1.82) is 0 Å². The molecule has 0 bridgehead atoms. The molecule has 3 fully saturated rings. The fourth-order valence-corrected chi connectivity index (χ4v) is 3.91.